The minimum atomic E-state index is -4.40. The summed E-state index contributed by atoms with van der Waals surface area (Å²) >= 11 is 0. The molecule has 4 aromatic rings. The van der Waals surface area contributed by atoms with Crippen LogP contribution in [0, 0.1) is 0 Å². The number of aliphatic imine (C=N–C) groups is 1. The van der Waals surface area contributed by atoms with E-state index in [4.69, 9.17) is 4.74 Å². The Bertz CT molecular complexity index is 1490. The lowest BCUT2D eigenvalue weighted by Crippen LogP contribution is -2.43. The summed E-state index contributed by atoms with van der Waals surface area (Å²) in [7, 11) is 1.53. The van der Waals surface area contributed by atoms with Crippen molar-refractivity contribution in [1.82, 2.24) is 14.9 Å². The molecule has 0 amide bonds. The predicted molar refractivity (Wildman–Crippen MR) is 142 cm³/mol. The molecule has 7 nitrogen and oxygen atoms in total. The van der Waals surface area contributed by atoms with Crippen LogP contribution in [0.15, 0.2) is 76.6 Å². The molecule has 1 unspecified atom stereocenters. The fourth-order valence-corrected chi connectivity index (χ4v) is 3.95. The lowest BCUT2D eigenvalue weighted by Gasteiger charge is -2.26. The van der Waals surface area contributed by atoms with Crippen LogP contribution in [0.4, 0.5) is 19.0 Å². The van der Waals surface area contributed by atoms with Crippen molar-refractivity contribution in [3.05, 3.63) is 82.8 Å². The van der Waals surface area contributed by atoms with Crippen LogP contribution in [0.3, 0.4) is 0 Å². The van der Waals surface area contributed by atoms with Gasteiger partial charge in [0.25, 0.3) is 5.56 Å². The van der Waals surface area contributed by atoms with E-state index >= 15 is 0 Å². The van der Waals surface area contributed by atoms with Crippen molar-refractivity contribution in [2.24, 2.45) is 4.99 Å². The van der Waals surface area contributed by atoms with Crippen molar-refractivity contribution < 1.29 is 19.3 Å². The molecule has 194 valence electrons. The maximum absolute atomic E-state index is 13.8. The molecule has 0 bridgehead atoms. The second kappa shape index (κ2) is 10.8. The van der Waals surface area contributed by atoms with Crippen LogP contribution in [0.1, 0.15) is 20.8 Å². The number of benzene rings is 2. The molecule has 2 N–H and O–H groups in total. The number of hydrogen-bond donors (Lipinski definition) is 2. The number of hydrogen-bond acceptors (Lipinski definition) is 6. The zero-order chi connectivity index (χ0) is 26.6. The fraction of sp³-hybridized carbons (Fsp3) is 0.222. The van der Waals surface area contributed by atoms with Gasteiger partial charge in [-0.3, -0.25) is 24.7 Å². The van der Waals surface area contributed by atoms with E-state index in [1.54, 1.807) is 36.5 Å². The summed E-state index contributed by atoms with van der Waals surface area (Å²) in [6.07, 6.45) is -2.29. The summed E-state index contributed by atoms with van der Waals surface area (Å²) in [4.78, 5) is 22.3. The van der Waals surface area contributed by atoms with E-state index in [1.807, 2.05) is 44.2 Å². The number of aromatic nitrogens is 2. The van der Waals surface area contributed by atoms with Crippen LogP contribution in [0.5, 0.6) is 5.75 Å². The quantitative estimate of drug-likeness (QED) is 0.364. The first kappa shape index (κ1) is 25.9. The van der Waals surface area contributed by atoms with E-state index in [0.29, 0.717) is 33.9 Å². The van der Waals surface area contributed by atoms with Crippen molar-refractivity contribution >= 4 is 22.9 Å². The zero-order valence-electron chi connectivity index (χ0n) is 20.5. The average molecular weight is 512 g/mol. The first-order valence-electron chi connectivity index (χ1n) is 11.7. The highest BCUT2D eigenvalue weighted by molar-refractivity contribution is 5.92. The largest absolute Gasteiger partial charge is 0.497 e. The maximum atomic E-state index is 13.8. The number of halogens is 3. The molecule has 0 aliphatic carbocycles. The van der Waals surface area contributed by atoms with Gasteiger partial charge in [0, 0.05) is 30.4 Å². The molecule has 1 aliphatic heterocycles. The molecule has 1 atom stereocenters. The highest BCUT2D eigenvalue weighted by Crippen LogP contribution is 2.28. The molecule has 0 saturated carbocycles. The second-order valence-corrected chi connectivity index (χ2v) is 7.93. The molecular formula is C27H28F3N5O2. The number of nitrogens with one attached hydrogen (secondary N) is 2. The number of methoxy groups -OCH3 is 1. The van der Waals surface area contributed by atoms with Gasteiger partial charge in [-0.1, -0.05) is 26.0 Å². The lowest BCUT2D eigenvalue weighted by atomic mass is 10.0. The summed E-state index contributed by atoms with van der Waals surface area (Å²) in [6.45, 7) is 2.77. The van der Waals surface area contributed by atoms with E-state index in [9.17, 15) is 18.0 Å². The van der Waals surface area contributed by atoms with Crippen LogP contribution in [0.25, 0.3) is 27.7 Å². The van der Waals surface area contributed by atoms with Gasteiger partial charge in [-0.2, -0.15) is 13.2 Å². The Morgan fingerprint density at radius 1 is 1.11 bits per heavy atom. The SMILES string of the molecule is CC.COc1ccc(-n2c3c(cc(-c4ccc5ncccc5c4)c2=O)C=NC(NCC(F)(F)F)N3)cc1.[HH]. The molecule has 0 spiro atoms. The van der Waals surface area contributed by atoms with Gasteiger partial charge in [-0.25, -0.2) is 0 Å². The maximum Gasteiger partial charge on any atom is 0.401 e. The predicted octanol–water partition coefficient (Wildman–Crippen LogP) is 5.61. The number of ether oxygens (including phenoxy) is 1. The van der Waals surface area contributed by atoms with Gasteiger partial charge in [-0.15, -0.1) is 0 Å². The van der Waals surface area contributed by atoms with Crippen LogP contribution in [0.2, 0.25) is 0 Å². The molecule has 1 aliphatic rings. The van der Waals surface area contributed by atoms with E-state index < -0.39 is 19.0 Å². The van der Waals surface area contributed by atoms with E-state index in [-0.39, 0.29) is 6.99 Å². The summed E-state index contributed by atoms with van der Waals surface area (Å²) < 4.78 is 44.8. The standard InChI is InChI=1S/C25H20F3N5O2.C2H6.H2/c1-35-19-7-5-18(6-8-19)33-22-17(13-30-24(32-22)31-14-25(26,27)28)12-20(23(33)34)15-4-9-21-16(11-15)3-2-10-29-21;1-2;/h2-13,24,31-32H,14H2,1H3;1-2H3;1H. The van der Waals surface area contributed by atoms with E-state index in [0.717, 1.165) is 10.9 Å². The molecular weight excluding hydrogens is 483 g/mol. The topological polar surface area (TPSA) is 80.5 Å². The number of alkyl halides is 3. The van der Waals surface area contributed by atoms with Gasteiger partial charge in [0.05, 0.1) is 24.9 Å². The van der Waals surface area contributed by atoms with Crippen LogP contribution in [-0.2, 0) is 0 Å². The third-order valence-electron chi connectivity index (χ3n) is 5.61. The summed E-state index contributed by atoms with van der Waals surface area (Å²) in [6, 6.07) is 17.8. The van der Waals surface area contributed by atoms with Gasteiger partial charge in [0.2, 0.25) is 0 Å². The Labute approximate surface area is 213 Å². The third kappa shape index (κ3) is 5.64. The first-order valence-corrected chi connectivity index (χ1v) is 11.7. The van der Waals surface area contributed by atoms with Crippen molar-refractivity contribution in [3.63, 3.8) is 0 Å². The van der Waals surface area contributed by atoms with E-state index in [2.05, 4.69) is 20.6 Å². The average Bonchev–Trinajstić information content (AvgIpc) is 2.92. The Morgan fingerprint density at radius 2 is 1.86 bits per heavy atom. The molecule has 0 saturated heterocycles. The molecule has 0 fully saturated rings. The summed E-state index contributed by atoms with van der Waals surface area (Å²) in [5.41, 5.74) is 2.65. The molecule has 2 aromatic heterocycles. The van der Waals surface area contributed by atoms with Gasteiger partial charge in [-0.05, 0) is 54.1 Å². The molecule has 3 heterocycles. The minimum Gasteiger partial charge on any atom is -0.497 e. The highest BCUT2D eigenvalue weighted by atomic mass is 19.4. The van der Waals surface area contributed by atoms with Crippen molar-refractivity contribution in [1.29, 1.82) is 0 Å². The Morgan fingerprint density at radius 3 is 2.57 bits per heavy atom. The van der Waals surface area contributed by atoms with Crippen LogP contribution in [-0.4, -0.2) is 41.9 Å². The molecule has 5 rings (SSSR count). The smallest absolute Gasteiger partial charge is 0.401 e. The van der Waals surface area contributed by atoms with Crippen molar-refractivity contribution in [3.8, 4) is 22.6 Å². The molecule has 0 radical (unpaired) electrons. The van der Waals surface area contributed by atoms with Gasteiger partial charge < -0.3 is 10.1 Å². The zero-order valence-corrected chi connectivity index (χ0v) is 20.5. The Hall–Kier alpha value is -4.18. The number of rotatable bonds is 5. The molecule has 37 heavy (non-hydrogen) atoms. The number of fused-ring (bicyclic) bond motifs is 2. The molecule has 2 aromatic carbocycles. The Kier molecular flexibility index (Phi) is 7.58. The van der Waals surface area contributed by atoms with Crippen LogP contribution >= 0.6 is 0 Å². The second-order valence-electron chi connectivity index (χ2n) is 7.93. The van der Waals surface area contributed by atoms with Crippen LogP contribution < -0.4 is 20.9 Å². The Balaban J connectivity index is 0.00000130. The third-order valence-corrected chi connectivity index (χ3v) is 5.61. The van der Waals surface area contributed by atoms with Crippen molar-refractivity contribution in [2.75, 3.05) is 19.0 Å². The number of anilines is 1. The first-order chi connectivity index (χ1) is 17.8. The normalized spacial score (nSPS) is 14.4. The fourth-order valence-electron chi connectivity index (χ4n) is 3.95. The van der Waals surface area contributed by atoms with Gasteiger partial charge in [0.15, 0.2) is 6.29 Å². The summed E-state index contributed by atoms with van der Waals surface area (Å²) in [5.74, 6) is 0.939. The monoisotopic (exact) mass is 511 g/mol. The van der Waals surface area contributed by atoms with Gasteiger partial charge in [0.1, 0.15) is 11.6 Å². The minimum absolute atomic E-state index is 0. The van der Waals surface area contributed by atoms with Gasteiger partial charge >= 0.3 is 6.18 Å². The molecule has 10 heteroatoms. The van der Waals surface area contributed by atoms with Crippen molar-refractivity contribution in [2.45, 2.75) is 26.3 Å². The number of nitrogens with zero attached hydrogens (tertiary/aromatic N) is 3. The lowest BCUT2D eigenvalue weighted by molar-refractivity contribution is -0.125. The highest BCUT2D eigenvalue weighted by Gasteiger charge is 2.29. The number of pyridine rings is 2. The summed E-state index contributed by atoms with van der Waals surface area (Å²) in [5, 5.41) is 6.11. The van der Waals surface area contributed by atoms with E-state index in [1.165, 1.54) is 17.9 Å².